The van der Waals surface area contributed by atoms with Crippen molar-refractivity contribution in [3.05, 3.63) is 0 Å². The van der Waals surface area contributed by atoms with Gasteiger partial charge >= 0.3 is 0 Å². The van der Waals surface area contributed by atoms with Crippen molar-refractivity contribution < 1.29 is 28.4 Å². The zero-order valence-electron chi connectivity index (χ0n) is 15.8. The fraction of sp³-hybridized carbons (Fsp3) is 1.00. The van der Waals surface area contributed by atoms with Crippen LogP contribution in [-0.4, -0.2) is 77.3 Å². The van der Waals surface area contributed by atoms with E-state index >= 15 is 0 Å². The van der Waals surface area contributed by atoms with Crippen molar-refractivity contribution in [3.8, 4) is 0 Å². The SMILES string of the molecule is C1COCCOC[C@]23O[C@@]4(COCCOCCO1)[C@@H]1[C@@H]5C[C@@H]([C@@H]6[C@H]5[C@H]4[C@@H]62)[C@@H]13. The minimum absolute atomic E-state index is 0.0131. The van der Waals surface area contributed by atoms with E-state index in [9.17, 15) is 0 Å². The maximum Gasteiger partial charge on any atom is 0.0992 e. The van der Waals surface area contributed by atoms with Gasteiger partial charge in [0.15, 0.2) is 0 Å². The third kappa shape index (κ3) is 1.80. The summed E-state index contributed by atoms with van der Waals surface area (Å²) in [6.07, 6.45) is 1.46. The van der Waals surface area contributed by atoms with Crippen LogP contribution in [0, 0.1) is 47.3 Å². The Balaban J connectivity index is 1.12. The molecule has 6 nitrogen and oxygen atoms in total. The second-order valence-electron chi connectivity index (χ2n) is 9.78. The molecule has 3 aliphatic heterocycles. The van der Waals surface area contributed by atoms with Crippen molar-refractivity contribution >= 4 is 0 Å². The van der Waals surface area contributed by atoms with E-state index in [-0.39, 0.29) is 11.2 Å². The van der Waals surface area contributed by atoms with Gasteiger partial charge in [0.05, 0.1) is 77.3 Å². The van der Waals surface area contributed by atoms with Gasteiger partial charge in [-0.05, 0) is 53.8 Å². The van der Waals surface area contributed by atoms with Gasteiger partial charge in [-0.2, -0.15) is 0 Å². The van der Waals surface area contributed by atoms with Crippen molar-refractivity contribution in [2.75, 3.05) is 66.1 Å². The third-order valence-corrected chi connectivity index (χ3v) is 9.28. The summed E-state index contributed by atoms with van der Waals surface area (Å²) in [7, 11) is 0. The number of ether oxygens (including phenoxy) is 6. The topological polar surface area (TPSA) is 55.4 Å². The molecule has 8 aliphatic rings. The highest BCUT2D eigenvalue weighted by Crippen LogP contribution is 2.93. The molecule has 6 heteroatoms. The molecule has 2 spiro atoms. The summed E-state index contributed by atoms with van der Waals surface area (Å²) in [6.45, 7) is 6.50. The summed E-state index contributed by atoms with van der Waals surface area (Å²) in [5, 5.41) is 0. The Morgan fingerprint density at radius 3 is 1.33 bits per heavy atom. The van der Waals surface area contributed by atoms with E-state index in [0.717, 1.165) is 60.6 Å². The molecule has 0 aromatic rings. The quantitative estimate of drug-likeness (QED) is 0.626. The van der Waals surface area contributed by atoms with Crippen LogP contribution in [0.1, 0.15) is 6.42 Å². The summed E-state index contributed by atoms with van der Waals surface area (Å²) in [4.78, 5) is 0. The Labute approximate surface area is 160 Å². The standard InChI is InChI=1S/C21H30O6/c1-3-23-5-7-25-10-20-16-12-9-13-15-14(12)18(20)19(15)21(27-20,17(13)16)11-26-8-6-24-4-2-22-1/h12-19H,1-11H2/t12-,13+,14+,15-,16-,17+,18+,19-,20+,21-. The fourth-order valence-electron chi connectivity index (χ4n) is 9.20. The van der Waals surface area contributed by atoms with Crippen LogP contribution >= 0.6 is 0 Å². The lowest BCUT2D eigenvalue weighted by Crippen LogP contribution is -2.54. The predicted octanol–water partition coefficient (Wildman–Crippen LogP) is 0.979. The average Bonchev–Trinajstić information content (AvgIpc) is 3.30. The molecule has 0 N–H and O–H groups in total. The molecular weight excluding hydrogens is 348 g/mol. The van der Waals surface area contributed by atoms with Crippen molar-refractivity contribution in [2.45, 2.75) is 17.6 Å². The van der Waals surface area contributed by atoms with Crippen LogP contribution in [0.25, 0.3) is 0 Å². The van der Waals surface area contributed by atoms with E-state index in [0.29, 0.717) is 52.9 Å². The van der Waals surface area contributed by atoms with Gasteiger partial charge in [-0.1, -0.05) is 0 Å². The minimum Gasteiger partial charge on any atom is -0.377 e. The second kappa shape index (κ2) is 5.67. The van der Waals surface area contributed by atoms with Crippen molar-refractivity contribution in [1.82, 2.24) is 0 Å². The number of hydrogen-bond acceptors (Lipinski definition) is 6. The van der Waals surface area contributed by atoms with Crippen LogP contribution in [0.15, 0.2) is 0 Å². The average molecular weight is 378 g/mol. The van der Waals surface area contributed by atoms with Gasteiger partial charge < -0.3 is 28.4 Å². The first-order chi connectivity index (χ1) is 13.4. The molecular formula is C21H30O6. The van der Waals surface area contributed by atoms with Crippen molar-refractivity contribution in [1.29, 1.82) is 0 Å². The lowest BCUT2D eigenvalue weighted by atomic mass is 9.55. The Hall–Kier alpha value is -0.240. The van der Waals surface area contributed by atoms with Crippen LogP contribution in [-0.2, 0) is 28.4 Å². The third-order valence-electron chi connectivity index (χ3n) is 9.28. The van der Waals surface area contributed by atoms with Crippen LogP contribution in [0.5, 0.6) is 0 Å². The molecule has 10 atom stereocenters. The molecule has 0 aromatic heterocycles. The lowest BCUT2D eigenvalue weighted by Gasteiger charge is -2.47. The number of rotatable bonds is 0. The van der Waals surface area contributed by atoms with E-state index < -0.39 is 0 Å². The molecule has 27 heavy (non-hydrogen) atoms. The molecule has 8 rings (SSSR count). The van der Waals surface area contributed by atoms with E-state index in [2.05, 4.69) is 0 Å². The highest BCUT2D eigenvalue weighted by Gasteiger charge is 2.96. The second-order valence-corrected chi connectivity index (χ2v) is 9.78. The summed E-state index contributed by atoms with van der Waals surface area (Å²) >= 11 is 0. The summed E-state index contributed by atoms with van der Waals surface area (Å²) in [6, 6.07) is 0. The van der Waals surface area contributed by atoms with Gasteiger partial charge in [0.1, 0.15) is 0 Å². The molecule has 0 radical (unpaired) electrons. The Bertz CT molecular complexity index is 574. The predicted molar refractivity (Wildman–Crippen MR) is 93.2 cm³/mol. The monoisotopic (exact) mass is 378 g/mol. The Kier molecular flexibility index (Phi) is 3.48. The lowest BCUT2D eigenvalue weighted by molar-refractivity contribution is -0.138. The maximum atomic E-state index is 7.04. The summed E-state index contributed by atoms with van der Waals surface area (Å²) in [5.74, 6) is 6.60. The Morgan fingerprint density at radius 1 is 0.481 bits per heavy atom. The molecule has 3 heterocycles. The van der Waals surface area contributed by atoms with Gasteiger partial charge in [0, 0.05) is 0 Å². The molecule has 0 unspecified atom stereocenters. The van der Waals surface area contributed by atoms with Crippen LogP contribution in [0.3, 0.4) is 0 Å². The zero-order chi connectivity index (χ0) is 17.6. The summed E-state index contributed by atoms with van der Waals surface area (Å²) < 4.78 is 36.1. The molecule has 150 valence electrons. The van der Waals surface area contributed by atoms with Crippen LogP contribution in [0.4, 0.5) is 0 Å². The minimum atomic E-state index is -0.0131. The normalized spacial score (nSPS) is 61.3. The molecule has 5 saturated carbocycles. The van der Waals surface area contributed by atoms with Gasteiger partial charge in [-0.15, -0.1) is 0 Å². The van der Waals surface area contributed by atoms with Gasteiger partial charge in [0.25, 0.3) is 0 Å². The molecule has 8 fully saturated rings. The van der Waals surface area contributed by atoms with E-state index in [4.69, 9.17) is 28.4 Å². The van der Waals surface area contributed by atoms with Crippen molar-refractivity contribution in [2.24, 2.45) is 47.3 Å². The van der Waals surface area contributed by atoms with Gasteiger partial charge in [-0.3, -0.25) is 0 Å². The van der Waals surface area contributed by atoms with E-state index in [1.54, 1.807) is 0 Å². The van der Waals surface area contributed by atoms with Crippen LogP contribution < -0.4 is 0 Å². The Morgan fingerprint density at radius 2 is 0.889 bits per heavy atom. The summed E-state index contributed by atoms with van der Waals surface area (Å²) in [5.41, 5.74) is -0.0261. The largest absolute Gasteiger partial charge is 0.377 e. The van der Waals surface area contributed by atoms with Crippen LogP contribution in [0.2, 0.25) is 0 Å². The molecule has 5 aliphatic carbocycles. The first-order valence-electron chi connectivity index (χ1n) is 11.0. The highest BCUT2D eigenvalue weighted by molar-refractivity contribution is 5.43. The van der Waals surface area contributed by atoms with Gasteiger partial charge in [-0.25, -0.2) is 0 Å². The molecule has 0 aromatic carbocycles. The van der Waals surface area contributed by atoms with Crippen molar-refractivity contribution in [3.63, 3.8) is 0 Å². The zero-order valence-corrected chi connectivity index (χ0v) is 15.8. The smallest absolute Gasteiger partial charge is 0.0992 e. The molecule has 3 saturated heterocycles. The van der Waals surface area contributed by atoms with E-state index in [1.807, 2.05) is 0 Å². The molecule has 0 amide bonds. The highest BCUT2D eigenvalue weighted by atomic mass is 16.6. The number of hydrogen-bond donors (Lipinski definition) is 0. The first-order valence-corrected chi connectivity index (χ1v) is 11.0. The maximum absolute atomic E-state index is 7.04. The van der Waals surface area contributed by atoms with Gasteiger partial charge in [0.2, 0.25) is 0 Å². The fourth-order valence-corrected chi connectivity index (χ4v) is 9.20. The van der Waals surface area contributed by atoms with E-state index in [1.165, 1.54) is 6.42 Å². The first kappa shape index (κ1) is 16.5. The molecule has 4 bridgehead atoms.